The maximum atomic E-state index is 12.9. The van der Waals surface area contributed by atoms with Crippen molar-refractivity contribution in [1.29, 1.82) is 0 Å². The zero-order valence-electron chi connectivity index (χ0n) is 16.0. The predicted molar refractivity (Wildman–Crippen MR) is 102 cm³/mol. The third-order valence-electron chi connectivity index (χ3n) is 6.63. The van der Waals surface area contributed by atoms with E-state index < -0.39 is 0 Å². The Morgan fingerprint density at radius 2 is 1.77 bits per heavy atom. The van der Waals surface area contributed by atoms with E-state index in [0.29, 0.717) is 18.2 Å². The van der Waals surface area contributed by atoms with Crippen LogP contribution in [0.5, 0.6) is 0 Å². The van der Waals surface area contributed by atoms with Crippen LogP contribution >= 0.6 is 0 Å². The van der Waals surface area contributed by atoms with Gasteiger partial charge in [-0.15, -0.1) is 0 Å². The van der Waals surface area contributed by atoms with Gasteiger partial charge in [0, 0.05) is 51.0 Å². The second-order valence-corrected chi connectivity index (χ2v) is 7.97. The van der Waals surface area contributed by atoms with E-state index in [1.165, 1.54) is 32.5 Å². The number of piperidine rings is 3. The smallest absolute Gasteiger partial charge is 0.263 e. The lowest BCUT2D eigenvalue weighted by Crippen LogP contribution is -2.61. The summed E-state index contributed by atoms with van der Waals surface area (Å²) in [5.74, 6) is 0.724. The zero-order chi connectivity index (χ0) is 18.3. The first-order valence-electron chi connectivity index (χ1n) is 10.0. The molecule has 5 heterocycles. The molecule has 6 heteroatoms. The quantitative estimate of drug-likeness (QED) is 0.810. The summed E-state index contributed by atoms with van der Waals surface area (Å²) in [5, 5.41) is 0. The van der Waals surface area contributed by atoms with E-state index in [0.717, 1.165) is 37.8 Å². The van der Waals surface area contributed by atoms with Gasteiger partial charge in [0.1, 0.15) is 5.56 Å². The maximum Gasteiger partial charge on any atom is 0.263 e. The number of piperazine rings is 1. The summed E-state index contributed by atoms with van der Waals surface area (Å²) >= 11 is 0. The third kappa shape index (κ3) is 3.09. The van der Waals surface area contributed by atoms with Gasteiger partial charge in [0.2, 0.25) is 0 Å². The number of aryl methyl sites for hydroxylation is 1. The molecule has 0 unspecified atom stereocenters. The molecule has 26 heavy (non-hydrogen) atoms. The van der Waals surface area contributed by atoms with E-state index in [-0.39, 0.29) is 11.5 Å². The van der Waals surface area contributed by atoms with Crippen LogP contribution in [0.4, 0.5) is 0 Å². The first-order chi connectivity index (χ1) is 12.6. The van der Waals surface area contributed by atoms with Crippen LogP contribution < -0.4 is 5.56 Å². The number of hydrogen-bond donors (Lipinski definition) is 0. The number of pyridine rings is 1. The van der Waals surface area contributed by atoms with Gasteiger partial charge < -0.3 is 14.4 Å². The Morgan fingerprint density at radius 1 is 1.08 bits per heavy atom. The number of aromatic nitrogens is 1. The van der Waals surface area contributed by atoms with E-state index in [1.54, 1.807) is 10.6 Å². The van der Waals surface area contributed by atoms with E-state index >= 15 is 0 Å². The standard InChI is InChI=1S/C20H30N4O2/c1-3-24-15(2)4-5-17(20(24)26)19(25)23-12-10-22(11-13-23)18-14-21-8-6-16(18)7-9-21/h4-5,16,18H,3,6-14H2,1-2H3/t18-/m1/s1. The Kier molecular flexibility index (Phi) is 4.88. The summed E-state index contributed by atoms with van der Waals surface area (Å²) in [4.78, 5) is 32.5. The van der Waals surface area contributed by atoms with Crippen molar-refractivity contribution in [3.63, 3.8) is 0 Å². The van der Waals surface area contributed by atoms with Crippen molar-refractivity contribution in [2.75, 3.05) is 45.8 Å². The summed E-state index contributed by atoms with van der Waals surface area (Å²) < 4.78 is 1.68. The normalized spacial score (nSPS) is 29.2. The highest BCUT2D eigenvalue weighted by Crippen LogP contribution is 2.31. The molecule has 1 aromatic heterocycles. The molecule has 0 spiro atoms. The lowest BCUT2D eigenvalue weighted by molar-refractivity contribution is -0.0131. The molecule has 4 aliphatic heterocycles. The summed E-state index contributed by atoms with van der Waals surface area (Å²) in [6, 6.07) is 4.24. The Hall–Kier alpha value is -1.66. The lowest BCUT2D eigenvalue weighted by Gasteiger charge is -2.51. The van der Waals surface area contributed by atoms with E-state index in [1.807, 2.05) is 24.8 Å². The number of carbonyl (C=O) groups is 1. The molecule has 6 nitrogen and oxygen atoms in total. The molecule has 0 N–H and O–H groups in total. The summed E-state index contributed by atoms with van der Waals surface area (Å²) in [7, 11) is 0. The average molecular weight is 358 g/mol. The molecule has 4 aliphatic rings. The zero-order valence-corrected chi connectivity index (χ0v) is 16.0. The molecule has 142 valence electrons. The SMILES string of the molecule is CCn1c(C)ccc(C(=O)N2CCN([C@@H]3CN4CCC3CC4)CC2)c1=O. The van der Waals surface area contributed by atoms with Crippen molar-refractivity contribution in [2.24, 2.45) is 5.92 Å². The van der Waals surface area contributed by atoms with Crippen molar-refractivity contribution in [3.8, 4) is 0 Å². The van der Waals surface area contributed by atoms with Crippen molar-refractivity contribution in [3.05, 3.63) is 33.7 Å². The highest BCUT2D eigenvalue weighted by Gasteiger charge is 2.38. The molecule has 0 saturated carbocycles. The van der Waals surface area contributed by atoms with Gasteiger partial charge >= 0.3 is 0 Å². The fourth-order valence-corrected chi connectivity index (χ4v) is 5.00. The lowest BCUT2D eigenvalue weighted by atomic mass is 9.83. The number of nitrogens with zero attached hydrogens (tertiary/aromatic N) is 4. The summed E-state index contributed by atoms with van der Waals surface area (Å²) in [6.45, 7) is 11.5. The van der Waals surface area contributed by atoms with E-state index in [2.05, 4.69) is 9.80 Å². The minimum Gasteiger partial charge on any atom is -0.336 e. The topological polar surface area (TPSA) is 48.8 Å². The molecule has 0 radical (unpaired) electrons. The predicted octanol–water partition coefficient (Wildman–Crippen LogP) is 1.03. The van der Waals surface area contributed by atoms with Crippen molar-refractivity contribution >= 4 is 5.91 Å². The largest absolute Gasteiger partial charge is 0.336 e. The second-order valence-electron chi connectivity index (χ2n) is 7.97. The van der Waals surface area contributed by atoms with Crippen LogP contribution in [0.15, 0.2) is 16.9 Å². The van der Waals surface area contributed by atoms with E-state index in [4.69, 9.17) is 0 Å². The minimum absolute atomic E-state index is 0.106. The average Bonchev–Trinajstić information content (AvgIpc) is 2.69. The van der Waals surface area contributed by atoms with Gasteiger partial charge in [0.25, 0.3) is 11.5 Å². The molecule has 4 fully saturated rings. The van der Waals surface area contributed by atoms with Crippen molar-refractivity contribution in [2.45, 2.75) is 39.3 Å². The molecule has 2 bridgehead atoms. The van der Waals surface area contributed by atoms with Crippen LogP contribution in [0.2, 0.25) is 0 Å². The highest BCUT2D eigenvalue weighted by atomic mass is 16.2. The molecule has 4 saturated heterocycles. The molecular formula is C20H30N4O2. The van der Waals surface area contributed by atoms with Crippen LogP contribution in [-0.4, -0.2) is 77.0 Å². The van der Waals surface area contributed by atoms with E-state index in [9.17, 15) is 9.59 Å². The maximum absolute atomic E-state index is 12.9. The first kappa shape index (κ1) is 17.7. The van der Waals surface area contributed by atoms with Crippen molar-refractivity contribution in [1.82, 2.24) is 19.3 Å². The van der Waals surface area contributed by atoms with Crippen LogP contribution in [0.3, 0.4) is 0 Å². The number of amides is 1. The summed E-state index contributed by atoms with van der Waals surface area (Å²) in [6.07, 6.45) is 2.65. The number of hydrogen-bond acceptors (Lipinski definition) is 4. The van der Waals surface area contributed by atoms with Gasteiger partial charge in [-0.05, 0) is 57.8 Å². The summed E-state index contributed by atoms with van der Waals surface area (Å²) in [5.41, 5.74) is 1.06. The number of carbonyl (C=O) groups excluding carboxylic acids is 1. The Morgan fingerprint density at radius 3 is 2.35 bits per heavy atom. The monoisotopic (exact) mass is 358 g/mol. The molecule has 1 aromatic rings. The van der Waals surface area contributed by atoms with Crippen LogP contribution in [0.1, 0.15) is 35.8 Å². The molecule has 5 rings (SSSR count). The Bertz CT molecular complexity index is 728. The van der Waals surface area contributed by atoms with Crippen molar-refractivity contribution < 1.29 is 4.79 Å². The van der Waals surface area contributed by atoms with Gasteiger partial charge in [0.05, 0.1) is 0 Å². The molecule has 0 aliphatic carbocycles. The molecule has 1 amide bonds. The number of fused-ring (bicyclic) bond motifs is 3. The van der Waals surface area contributed by atoms with Gasteiger partial charge in [-0.3, -0.25) is 14.5 Å². The van der Waals surface area contributed by atoms with Gasteiger partial charge in [-0.1, -0.05) is 0 Å². The van der Waals surface area contributed by atoms with Crippen LogP contribution in [0, 0.1) is 12.8 Å². The second kappa shape index (κ2) is 7.16. The van der Waals surface area contributed by atoms with Gasteiger partial charge in [0.15, 0.2) is 0 Å². The third-order valence-corrected chi connectivity index (χ3v) is 6.63. The van der Waals surface area contributed by atoms with Gasteiger partial charge in [-0.25, -0.2) is 0 Å². The van der Waals surface area contributed by atoms with Gasteiger partial charge in [-0.2, -0.15) is 0 Å². The first-order valence-corrected chi connectivity index (χ1v) is 10.0. The highest BCUT2D eigenvalue weighted by molar-refractivity contribution is 5.94. The Labute approximate surface area is 155 Å². The minimum atomic E-state index is -0.155. The molecular weight excluding hydrogens is 328 g/mol. The van der Waals surface area contributed by atoms with Crippen LogP contribution in [0.25, 0.3) is 0 Å². The number of rotatable bonds is 3. The fourth-order valence-electron chi connectivity index (χ4n) is 5.00. The fraction of sp³-hybridized carbons (Fsp3) is 0.700. The molecule has 0 aromatic carbocycles. The van der Waals surface area contributed by atoms with Crippen LogP contribution in [-0.2, 0) is 6.54 Å². The Balaban J connectivity index is 1.42. The molecule has 1 atom stereocenters.